The van der Waals surface area contributed by atoms with Crippen LogP contribution < -0.4 is 4.80 Å². The van der Waals surface area contributed by atoms with Gasteiger partial charge < -0.3 is 10.3 Å². The van der Waals surface area contributed by atoms with Gasteiger partial charge in [-0.25, -0.2) is 0 Å². The highest BCUT2D eigenvalue weighted by atomic mass is 31.2. The van der Waals surface area contributed by atoms with Gasteiger partial charge >= 0.3 is 0 Å². The second kappa shape index (κ2) is 35.0. The molecule has 0 radical (unpaired) electrons. The van der Waals surface area contributed by atoms with E-state index in [2.05, 4.69) is 55.4 Å². The van der Waals surface area contributed by atoms with Crippen molar-refractivity contribution >= 4 is 25.0 Å². The Hall–Kier alpha value is 0.997. The molecule has 0 aliphatic rings. The largest absolute Gasteiger partial charge is 0.870 e. The maximum absolute atomic E-state index is 8.39. The molecular weight excluding hydrogens is 506 g/mol. The molecule has 0 unspecified atom stereocenters. The predicted octanol–water partition coefficient (Wildman–Crippen LogP) is 9.86. The lowest BCUT2D eigenvalue weighted by molar-refractivity contribution is -0.169. The summed E-state index contributed by atoms with van der Waals surface area (Å²) in [6.07, 6.45) is 35.9. The molecule has 1 N–H and O–H groups in total. The summed E-state index contributed by atoms with van der Waals surface area (Å²) < 4.78 is 0. The number of hydrogen-bond acceptors (Lipinski definition) is 2. The van der Waals surface area contributed by atoms with Gasteiger partial charge in [-0.2, -0.15) is 0 Å². The SMILES string of the molecule is CCCC[P+](CCCC)(CCCC)CCCC.CCCC[P+](CCCC)(CCCC)CCCC.[O-][SiH3].[OH-]. The highest BCUT2D eigenvalue weighted by Gasteiger charge is 2.35. The molecule has 0 aliphatic carbocycles. The molecule has 0 saturated carbocycles. The van der Waals surface area contributed by atoms with Gasteiger partial charge in [-0.15, -0.1) is 0 Å². The van der Waals surface area contributed by atoms with Crippen molar-refractivity contribution in [3.05, 3.63) is 0 Å². The maximum Gasteiger partial charge on any atom is 0.0594 e. The van der Waals surface area contributed by atoms with Crippen LogP contribution >= 0.6 is 14.5 Å². The van der Waals surface area contributed by atoms with Crippen LogP contribution in [0.1, 0.15) is 158 Å². The third-order valence-corrected chi connectivity index (χ3v) is 18.0. The molecule has 0 aromatic heterocycles. The van der Waals surface area contributed by atoms with Crippen molar-refractivity contribution < 1.29 is 10.3 Å². The molecule has 0 heterocycles. The fourth-order valence-electron chi connectivity index (χ4n) is 5.29. The highest BCUT2D eigenvalue weighted by molar-refractivity contribution is 7.76. The van der Waals surface area contributed by atoms with E-state index in [1.807, 2.05) is 0 Å². The van der Waals surface area contributed by atoms with E-state index in [0.717, 1.165) is 0 Å². The average Bonchev–Trinajstić information content (AvgIpc) is 2.93. The first-order valence-corrected chi connectivity index (χ1v) is 22.5. The first-order valence-electron chi connectivity index (χ1n) is 16.6. The molecule has 5 heteroatoms. The van der Waals surface area contributed by atoms with Crippen LogP contribution in [-0.4, -0.2) is 65.3 Å². The zero-order chi connectivity index (χ0) is 28.0. The van der Waals surface area contributed by atoms with Crippen molar-refractivity contribution in [2.24, 2.45) is 0 Å². The quantitative estimate of drug-likeness (QED) is 0.0840. The standard InChI is InChI=1S/2C16H36P.H3OSi.H2O/c2*1-5-9-13-17(14-10-6-2,15-11-7-3)16-12-8-4;1-2;/h2*5-16H2,1-4H3;2H3;1H2/q2*+1;-1;/p-1. The predicted molar refractivity (Wildman–Crippen MR) is 184 cm³/mol. The van der Waals surface area contributed by atoms with Gasteiger partial charge in [0, 0.05) is 14.5 Å². The average molecular weight is 583 g/mol. The lowest BCUT2D eigenvalue weighted by Crippen LogP contribution is -2.12. The van der Waals surface area contributed by atoms with E-state index in [-0.39, 0.29) is 16.0 Å². The van der Waals surface area contributed by atoms with Crippen molar-refractivity contribution in [2.45, 2.75) is 158 Å². The molecule has 0 saturated heterocycles. The van der Waals surface area contributed by atoms with Gasteiger partial charge in [0.25, 0.3) is 0 Å². The normalized spacial score (nSPS) is 11.3. The molecule has 0 fully saturated rings. The Morgan fingerprint density at radius 2 is 0.432 bits per heavy atom. The van der Waals surface area contributed by atoms with Crippen molar-refractivity contribution in [1.82, 2.24) is 0 Å². The van der Waals surface area contributed by atoms with Crippen LogP contribution in [0.2, 0.25) is 0 Å². The summed E-state index contributed by atoms with van der Waals surface area (Å²) in [6, 6.07) is 0. The molecule has 0 amide bonds. The van der Waals surface area contributed by atoms with Gasteiger partial charge in [-0.05, 0) is 51.4 Å². The molecular formula is C32H76O2P2Si. The fourth-order valence-corrected chi connectivity index (χ4v) is 15.9. The summed E-state index contributed by atoms with van der Waals surface area (Å²) in [5, 5.41) is 0. The van der Waals surface area contributed by atoms with E-state index in [0.29, 0.717) is 0 Å². The van der Waals surface area contributed by atoms with Crippen LogP contribution in [-0.2, 0) is 0 Å². The molecule has 0 bridgehead atoms. The van der Waals surface area contributed by atoms with Gasteiger partial charge in [0.1, 0.15) is 0 Å². The van der Waals surface area contributed by atoms with E-state index < -0.39 is 14.5 Å². The summed E-state index contributed by atoms with van der Waals surface area (Å²) in [5.74, 6) is 0. The summed E-state index contributed by atoms with van der Waals surface area (Å²) in [4.78, 5) is 8.39. The Morgan fingerprint density at radius 3 is 0.514 bits per heavy atom. The van der Waals surface area contributed by atoms with Crippen molar-refractivity contribution in [1.29, 1.82) is 0 Å². The molecule has 0 atom stereocenters. The van der Waals surface area contributed by atoms with Crippen LogP contribution in [0.15, 0.2) is 0 Å². The summed E-state index contributed by atoms with van der Waals surface area (Å²) in [5.41, 5.74) is 0. The van der Waals surface area contributed by atoms with Gasteiger partial charge in [0.2, 0.25) is 0 Å². The molecule has 0 aromatic rings. The van der Waals surface area contributed by atoms with Crippen LogP contribution in [0.3, 0.4) is 0 Å². The monoisotopic (exact) mass is 583 g/mol. The molecule has 0 spiro atoms. The first-order chi connectivity index (χ1) is 17.5. The van der Waals surface area contributed by atoms with Crippen LogP contribution in [0, 0.1) is 0 Å². The third-order valence-electron chi connectivity index (χ3n) is 7.89. The minimum absolute atomic E-state index is 0. The van der Waals surface area contributed by atoms with E-state index in [1.165, 1.54) is 103 Å². The molecule has 2 nitrogen and oxygen atoms in total. The van der Waals surface area contributed by atoms with E-state index in [9.17, 15) is 0 Å². The molecule has 0 aromatic carbocycles. The zero-order valence-corrected chi connectivity index (χ0v) is 31.5. The Kier molecular flexibility index (Phi) is 42.6. The van der Waals surface area contributed by atoms with Crippen molar-refractivity contribution in [3.8, 4) is 0 Å². The number of unbranched alkanes of at least 4 members (excludes halogenated alkanes) is 8. The molecule has 0 rings (SSSR count). The maximum atomic E-state index is 8.39. The van der Waals surface area contributed by atoms with Crippen molar-refractivity contribution in [3.63, 3.8) is 0 Å². The first kappa shape index (κ1) is 45.0. The fraction of sp³-hybridized carbons (Fsp3) is 1.00. The van der Waals surface area contributed by atoms with Gasteiger partial charge in [0.15, 0.2) is 0 Å². The van der Waals surface area contributed by atoms with Gasteiger partial charge in [-0.3, -0.25) is 0 Å². The summed E-state index contributed by atoms with van der Waals surface area (Å²) in [6.45, 7) is 18.8. The Labute approximate surface area is 242 Å². The Morgan fingerprint density at radius 1 is 0.324 bits per heavy atom. The summed E-state index contributed by atoms with van der Waals surface area (Å²) >= 11 is 0. The minimum atomic E-state index is -0.562. The van der Waals surface area contributed by atoms with Gasteiger partial charge in [0.05, 0.1) is 49.3 Å². The van der Waals surface area contributed by atoms with E-state index in [1.54, 1.807) is 49.3 Å². The summed E-state index contributed by atoms with van der Waals surface area (Å²) in [7, 11) is -1.07. The van der Waals surface area contributed by atoms with Crippen molar-refractivity contribution in [2.75, 3.05) is 49.3 Å². The molecule has 37 heavy (non-hydrogen) atoms. The lowest BCUT2D eigenvalue weighted by atomic mass is 10.4. The molecule has 230 valence electrons. The second-order valence-corrected chi connectivity index (χ2v) is 20.2. The minimum Gasteiger partial charge on any atom is -0.870 e. The van der Waals surface area contributed by atoms with Gasteiger partial charge in [-0.1, -0.05) is 117 Å². The van der Waals surface area contributed by atoms with Crippen LogP contribution in [0.5, 0.6) is 0 Å². The topological polar surface area (TPSA) is 53.1 Å². The Balaban J connectivity index is -0.000000269. The third kappa shape index (κ3) is 27.0. The Bertz CT molecular complexity index is 286. The molecule has 0 aliphatic heterocycles. The number of hydrogen-bond donors (Lipinski definition) is 0. The van der Waals surface area contributed by atoms with Crippen LogP contribution in [0.25, 0.3) is 0 Å². The highest BCUT2D eigenvalue weighted by Crippen LogP contribution is 2.62. The van der Waals surface area contributed by atoms with E-state index in [4.69, 9.17) is 4.80 Å². The second-order valence-electron chi connectivity index (χ2n) is 11.3. The van der Waals surface area contributed by atoms with E-state index >= 15 is 0 Å². The smallest absolute Gasteiger partial charge is 0.0594 e. The number of rotatable bonds is 24. The zero-order valence-electron chi connectivity index (χ0n) is 27.7. The van der Waals surface area contributed by atoms with Crippen LogP contribution in [0.4, 0.5) is 0 Å². The lowest BCUT2D eigenvalue weighted by Gasteiger charge is -2.28.